The van der Waals surface area contributed by atoms with Crippen molar-refractivity contribution >= 4 is 0 Å². The van der Waals surface area contributed by atoms with E-state index in [1.807, 2.05) is 0 Å². The van der Waals surface area contributed by atoms with Crippen LogP contribution in [-0.2, 0) is 4.74 Å². The van der Waals surface area contributed by atoms with Gasteiger partial charge in [0.2, 0.25) is 0 Å². The molecule has 1 saturated heterocycles. The first-order chi connectivity index (χ1) is 9.21. The molecule has 0 saturated carbocycles. The molecule has 3 nitrogen and oxygen atoms in total. The van der Waals surface area contributed by atoms with Crippen LogP contribution in [0.15, 0.2) is 0 Å². The van der Waals surface area contributed by atoms with Crippen molar-refractivity contribution in [2.75, 3.05) is 32.8 Å². The maximum Gasteiger partial charge on any atom is 0.0593 e. The summed E-state index contributed by atoms with van der Waals surface area (Å²) in [4.78, 5) is 2.64. The van der Waals surface area contributed by atoms with Gasteiger partial charge >= 0.3 is 0 Å². The lowest BCUT2D eigenvalue weighted by Gasteiger charge is -2.47. The van der Waals surface area contributed by atoms with Crippen molar-refractivity contribution in [2.24, 2.45) is 17.3 Å². The highest BCUT2D eigenvalue weighted by atomic mass is 16.5. The molecule has 1 fully saturated rings. The van der Waals surface area contributed by atoms with Gasteiger partial charge in [-0.15, -0.1) is 0 Å². The van der Waals surface area contributed by atoms with Crippen LogP contribution in [0.1, 0.15) is 48.5 Å². The fraction of sp³-hybridized carbons (Fsp3) is 1.00. The molecule has 0 aliphatic carbocycles. The predicted octanol–water partition coefficient (Wildman–Crippen LogP) is 3.00. The third-order valence-electron chi connectivity index (χ3n) is 4.22. The highest BCUT2D eigenvalue weighted by Gasteiger charge is 2.35. The maximum atomic E-state index is 5.79. The monoisotopic (exact) mass is 284 g/mol. The van der Waals surface area contributed by atoms with Gasteiger partial charge < -0.3 is 10.1 Å². The Morgan fingerprint density at radius 3 is 2.35 bits per heavy atom. The zero-order chi connectivity index (χ0) is 15.3. The Hall–Kier alpha value is -0.120. The molecule has 0 aromatic heterocycles. The molecule has 1 heterocycles. The summed E-state index contributed by atoms with van der Waals surface area (Å²) in [6.45, 7) is 21.1. The average Bonchev–Trinajstić information content (AvgIpc) is 2.32. The minimum absolute atomic E-state index is 0.312. The Morgan fingerprint density at radius 2 is 1.85 bits per heavy atom. The van der Waals surface area contributed by atoms with E-state index in [1.54, 1.807) is 0 Å². The van der Waals surface area contributed by atoms with Gasteiger partial charge in [-0.25, -0.2) is 0 Å². The van der Waals surface area contributed by atoms with Crippen molar-refractivity contribution < 1.29 is 4.74 Å². The fourth-order valence-corrected chi connectivity index (χ4v) is 2.88. The molecular formula is C17H36N2O. The number of rotatable bonds is 6. The molecule has 2 unspecified atom stereocenters. The van der Waals surface area contributed by atoms with E-state index in [2.05, 4.69) is 58.7 Å². The van der Waals surface area contributed by atoms with Gasteiger partial charge in [0, 0.05) is 38.3 Å². The molecule has 0 aromatic rings. The van der Waals surface area contributed by atoms with Crippen LogP contribution in [0.4, 0.5) is 0 Å². The van der Waals surface area contributed by atoms with E-state index in [-0.39, 0.29) is 0 Å². The highest BCUT2D eigenvalue weighted by molar-refractivity contribution is 4.93. The van der Waals surface area contributed by atoms with Gasteiger partial charge in [0.15, 0.2) is 0 Å². The molecule has 0 aromatic carbocycles. The third kappa shape index (κ3) is 5.71. The second-order valence-corrected chi connectivity index (χ2v) is 8.10. The van der Waals surface area contributed by atoms with Gasteiger partial charge in [0.05, 0.1) is 6.61 Å². The third-order valence-corrected chi connectivity index (χ3v) is 4.22. The summed E-state index contributed by atoms with van der Waals surface area (Å²) in [5.74, 6) is 1.31. The summed E-state index contributed by atoms with van der Waals surface area (Å²) in [7, 11) is 0. The Morgan fingerprint density at radius 1 is 1.20 bits per heavy atom. The lowest BCUT2D eigenvalue weighted by Crippen LogP contribution is -2.62. The Balaban J connectivity index is 2.53. The quantitative estimate of drug-likeness (QED) is 0.759. The summed E-state index contributed by atoms with van der Waals surface area (Å²) in [6.07, 6.45) is 0. The Kier molecular flexibility index (Phi) is 6.96. The molecule has 1 N–H and O–H groups in total. The highest BCUT2D eigenvalue weighted by Crippen LogP contribution is 2.27. The van der Waals surface area contributed by atoms with Crippen LogP contribution in [0.25, 0.3) is 0 Å². The second-order valence-electron chi connectivity index (χ2n) is 8.10. The van der Waals surface area contributed by atoms with Crippen molar-refractivity contribution in [3.05, 3.63) is 0 Å². The normalized spacial score (nSPS) is 25.6. The predicted molar refractivity (Wildman–Crippen MR) is 87.1 cm³/mol. The molecule has 20 heavy (non-hydrogen) atoms. The lowest BCUT2D eigenvalue weighted by molar-refractivity contribution is 0.0143. The van der Waals surface area contributed by atoms with Crippen LogP contribution < -0.4 is 5.32 Å². The molecule has 0 amide bonds. The molecule has 2 atom stereocenters. The van der Waals surface area contributed by atoms with Crippen LogP contribution in [0, 0.1) is 17.3 Å². The number of nitrogens with one attached hydrogen (secondary N) is 1. The van der Waals surface area contributed by atoms with Gasteiger partial charge in [-0.05, 0) is 17.3 Å². The zero-order valence-corrected chi connectivity index (χ0v) is 14.7. The number of ether oxygens (including phenoxy) is 1. The van der Waals surface area contributed by atoms with Gasteiger partial charge in [0.25, 0.3) is 0 Å². The first-order valence-electron chi connectivity index (χ1n) is 8.27. The first kappa shape index (κ1) is 17.9. The largest absolute Gasteiger partial charge is 0.380 e. The molecule has 0 radical (unpaired) electrons. The number of hydrogen-bond donors (Lipinski definition) is 1. The molecule has 3 heteroatoms. The van der Waals surface area contributed by atoms with Crippen LogP contribution >= 0.6 is 0 Å². The molecule has 1 rings (SSSR count). The second kappa shape index (κ2) is 7.77. The van der Waals surface area contributed by atoms with E-state index in [4.69, 9.17) is 4.74 Å². The number of nitrogens with zero attached hydrogens (tertiary/aromatic N) is 1. The van der Waals surface area contributed by atoms with Gasteiger partial charge in [0.1, 0.15) is 0 Å². The van der Waals surface area contributed by atoms with Crippen LogP contribution in [0.3, 0.4) is 0 Å². The van der Waals surface area contributed by atoms with Crippen molar-refractivity contribution in [3.8, 4) is 0 Å². The molecule has 1 aliphatic heterocycles. The maximum absolute atomic E-state index is 5.79. The minimum atomic E-state index is 0.312. The van der Waals surface area contributed by atoms with Crippen molar-refractivity contribution in [3.63, 3.8) is 0 Å². The zero-order valence-electron chi connectivity index (χ0n) is 14.7. The summed E-state index contributed by atoms with van der Waals surface area (Å²) in [6, 6.07) is 1.21. The van der Waals surface area contributed by atoms with Gasteiger partial charge in [-0.2, -0.15) is 0 Å². The molecular weight excluding hydrogens is 248 g/mol. The van der Waals surface area contributed by atoms with Gasteiger partial charge in [-0.1, -0.05) is 48.5 Å². The SMILES string of the molecule is CC(C)COCCN1CC(C(C)C)NCC1C(C)(C)C. The molecule has 0 bridgehead atoms. The number of hydrogen-bond acceptors (Lipinski definition) is 3. The summed E-state index contributed by atoms with van der Waals surface area (Å²) >= 11 is 0. The van der Waals surface area contributed by atoms with E-state index in [1.165, 1.54) is 0 Å². The van der Waals surface area contributed by atoms with Crippen LogP contribution in [-0.4, -0.2) is 49.8 Å². The Labute approximate surface area is 126 Å². The molecule has 120 valence electrons. The van der Waals surface area contributed by atoms with Gasteiger partial charge in [-0.3, -0.25) is 4.90 Å². The molecule has 0 spiro atoms. The van der Waals surface area contributed by atoms with E-state index in [0.717, 1.165) is 32.8 Å². The van der Waals surface area contributed by atoms with E-state index in [9.17, 15) is 0 Å². The topological polar surface area (TPSA) is 24.5 Å². The lowest BCUT2D eigenvalue weighted by atomic mass is 9.83. The van der Waals surface area contributed by atoms with E-state index in [0.29, 0.717) is 29.3 Å². The molecule has 1 aliphatic rings. The van der Waals surface area contributed by atoms with E-state index >= 15 is 0 Å². The van der Waals surface area contributed by atoms with E-state index < -0.39 is 0 Å². The summed E-state index contributed by atoms with van der Waals surface area (Å²) in [5, 5.41) is 3.73. The number of piperazine rings is 1. The first-order valence-corrected chi connectivity index (χ1v) is 8.27. The smallest absolute Gasteiger partial charge is 0.0593 e. The van der Waals surface area contributed by atoms with Crippen molar-refractivity contribution in [1.29, 1.82) is 0 Å². The van der Waals surface area contributed by atoms with Crippen LogP contribution in [0.2, 0.25) is 0 Å². The van der Waals surface area contributed by atoms with Crippen LogP contribution in [0.5, 0.6) is 0 Å². The summed E-state index contributed by atoms with van der Waals surface area (Å²) in [5.41, 5.74) is 0.312. The Bertz CT molecular complexity index is 271. The fourth-order valence-electron chi connectivity index (χ4n) is 2.88. The van der Waals surface area contributed by atoms with Crippen molar-refractivity contribution in [2.45, 2.75) is 60.5 Å². The summed E-state index contributed by atoms with van der Waals surface area (Å²) < 4.78 is 5.79. The average molecular weight is 284 g/mol. The minimum Gasteiger partial charge on any atom is -0.380 e. The van der Waals surface area contributed by atoms with Crippen molar-refractivity contribution in [1.82, 2.24) is 10.2 Å². The standard InChI is InChI=1S/C17H36N2O/c1-13(2)12-20-9-8-19-11-15(14(3)4)18-10-16(19)17(5,6)7/h13-16,18H,8-12H2,1-7H3.